The van der Waals surface area contributed by atoms with E-state index in [1.807, 2.05) is 0 Å². The molecule has 9 heteroatoms. The molecule has 2 fully saturated rings. The molecule has 1 aromatic rings. The van der Waals surface area contributed by atoms with E-state index in [4.69, 9.17) is 9.47 Å². The molecule has 3 rings (SSSR count). The van der Waals surface area contributed by atoms with Gasteiger partial charge >= 0.3 is 5.97 Å². The molecule has 1 aliphatic carbocycles. The summed E-state index contributed by atoms with van der Waals surface area (Å²) in [6.45, 7) is 0.862. The third kappa shape index (κ3) is 5.06. The number of morpholine rings is 1. The number of amides is 1. The minimum absolute atomic E-state index is 0.0225. The molecule has 0 bridgehead atoms. The van der Waals surface area contributed by atoms with Gasteiger partial charge in [0, 0.05) is 19.1 Å². The molecule has 0 radical (unpaired) electrons. The molecular formula is C18H24N2O6S. The van der Waals surface area contributed by atoms with Crippen LogP contribution >= 0.6 is 0 Å². The SMILES string of the molecule is O=C(COC(=O)c1cccc(S(=O)(=O)N2CCOCC2)c1)NC1CCCC1. The summed E-state index contributed by atoms with van der Waals surface area (Å²) in [5.41, 5.74) is 0.0954. The lowest BCUT2D eigenvalue weighted by molar-refractivity contribution is -0.124. The maximum Gasteiger partial charge on any atom is 0.338 e. The minimum Gasteiger partial charge on any atom is -0.452 e. The maximum atomic E-state index is 12.7. The van der Waals surface area contributed by atoms with Crippen molar-refractivity contribution in [3.8, 4) is 0 Å². The van der Waals surface area contributed by atoms with Crippen LogP contribution in [0.25, 0.3) is 0 Å². The van der Waals surface area contributed by atoms with Crippen molar-refractivity contribution in [1.29, 1.82) is 0 Å². The highest BCUT2D eigenvalue weighted by Gasteiger charge is 2.27. The summed E-state index contributed by atoms with van der Waals surface area (Å²) in [6.07, 6.45) is 4.08. The number of esters is 1. The molecular weight excluding hydrogens is 372 g/mol. The second kappa shape index (κ2) is 8.81. The van der Waals surface area contributed by atoms with E-state index in [0.717, 1.165) is 25.7 Å². The van der Waals surface area contributed by atoms with E-state index < -0.39 is 16.0 Å². The summed E-state index contributed by atoms with van der Waals surface area (Å²) >= 11 is 0. The highest BCUT2D eigenvalue weighted by molar-refractivity contribution is 7.89. The van der Waals surface area contributed by atoms with E-state index in [1.165, 1.54) is 28.6 Å². The van der Waals surface area contributed by atoms with Crippen LogP contribution in [0.4, 0.5) is 0 Å². The Kier molecular flexibility index (Phi) is 6.46. The van der Waals surface area contributed by atoms with E-state index in [0.29, 0.717) is 13.2 Å². The van der Waals surface area contributed by atoms with E-state index in [1.54, 1.807) is 0 Å². The minimum atomic E-state index is -3.70. The van der Waals surface area contributed by atoms with Gasteiger partial charge in [-0.05, 0) is 31.0 Å². The fourth-order valence-corrected chi connectivity index (χ4v) is 4.73. The molecule has 0 aromatic heterocycles. The first kappa shape index (κ1) is 19.8. The van der Waals surface area contributed by atoms with Gasteiger partial charge in [-0.2, -0.15) is 4.31 Å². The largest absolute Gasteiger partial charge is 0.452 e. The van der Waals surface area contributed by atoms with Gasteiger partial charge in [0.25, 0.3) is 5.91 Å². The molecule has 1 N–H and O–H groups in total. The van der Waals surface area contributed by atoms with Crippen molar-refractivity contribution in [3.63, 3.8) is 0 Å². The van der Waals surface area contributed by atoms with Crippen LogP contribution in [0.5, 0.6) is 0 Å². The number of carbonyl (C=O) groups is 2. The maximum absolute atomic E-state index is 12.7. The van der Waals surface area contributed by atoms with Crippen LogP contribution in [-0.2, 0) is 24.3 Å². The first-order valence-electron chi connectivity index (χ1n) is 9.11. The monoisotopic (exact) mass is 396 g/mol. The predicted molar refractivity (Wildman–Crippen MR) is 96.7 cm³/mol. The lowest BCUT2D eigenvalue weighted by Gasteiger charge is -2.26. The number of benzene rings is 1. The summed E-state index contributed by atoms with van der Waals surface area (Å²) < 4.78 is 36.9. The Morgan fingerprint density at radius 1 is 1.19 bits per heavy atom. The Labute approximate surface area is 158 Å². The average Bonchev–Trinajstić information content (AvgIpc) is 3.20. The Morgan fingerprint density at radius 3 is 2.59 bits per heavy atom. The number of ether oxygens (including phenoxy) is 2. The third-order valence-electron chi connectivity index (χ3n) is 4.73. The number of carbonyl (C=O) groups excluding carboxylic acids is 2. The Morgan fingerprint density at radius 2 is 1.89 bits per heavy atom. The molecule has 1 aliphatic heterocycles. The number of nitrogens with one attached hydrogen (secondary N) is 1. The van der Waals surface area contributed by atoms with E-state index in [-0.39, 0.29) is 42.1 Å². The summed E-state index contributed by atoms with van der Waals surface area (Å²) in [4.78, 5) is 24.1. The summed E-state index contributed by atoms with van der Waals surface area (Å²) in [5, 5.41) is 2.83. The van der Waals surface area contributed by atoms with Crippen LogP contribution in [0.15, 0.2) is 29.2 Å². The third-order valence-corrected chi connectivity index (χ3v) is 6.63. The molecule has 1 saturated heterocycles. The van der Waals surface area contributed by atoms with Gasteiger partial charge in [-0.1, -0.05) is 18.9 Å². The highest BCUT2D eigenvalue weighted by Crippen LogP contribution is 2.19. The van der Waals surface area contributed by atoms with Crippen molar-refractivity contribution in [2.45, 2.75) is 36.6 Å². The average molecular weight is 396 g/mol. The predicted octanol–water partition coefficient (Wildman–Crippen LogP) is 0.923. The Hall–Kier alpha value is -1.97. The van der Waals surface area contributed by atoms with Gasteiger partial charge in [-0.15, -0.1) is 0 Å². The van der Waals surface area contributed by atoms with Crippen molar-refractivity contribution in [3.05, 3.63) is 29.8 Å². The molecule has 0 atom stereocenters. The van der Waals surface area contributed by atoms with Crippen LogP contribution in [0, 0.1) is 0 Å². The fourth-order valence-electron chi connectivity index (χ4n) is 3.27. The van der Waals surface area contributed by atoms with Crippen LogP contribution in [0.3, 0.4) is 0 Å². The molecule has 0 unspecified atom stereocenters. The topological polar surface area (TPSA) is 102 Å². The van der Waals surface area contributed by atoms with Crippen molar-refractivity contribution in [2.75, 3.05) is 32.9 Å². The second-order valence-electron chi connectivity index (χ2n) is 6.67. The van der Waals surface area contributed by atoms with Gasteiger partial charge in [0.15, 0.2) is 6.61 Å². The zero-order valence-electron chi connectivity index (χ0n) is 15.1. The molecule has 148 valence electrons. The number of sulfonamides is 1. The highest BCUT2D eigenvalue weighted by atomic mass is 32.2. The van der Waals surface area contributed by atoms with Crippen LogP contribution in [-0.4, -0.2) is 63.6 Å². The molecule has 1 heterocycles. The zero-order chi connectivity index (χ0) is 19.3. The Bertz CT molecular complexity index is 783. The Balaban J connectivity index is 1.60. The number of nitrogens with zero attached hydrogens (tertiary/aromatic N) is 1. The van der Waals surface area contributed by atoms with E-state index in [9.17, 15) is 18.0 Å². The summed E-state index contributed by atoms with van der Waals surface area (Å²) in [7, 11) is -3.70. The van der Waals surface area contributed by atoms with Gasteiger partial charge < -0.3 is 14.8 Å². The van der Waals surface area contributed by atoms with Crippen LogP contribution < -0.4 is 5.32 Å². The summed E-state index contributed by atoms with van der Waals surface area (Å²) in [6, 6.07) is 5.83. The van der Waals surface area contributed by atoms with Crippen molar-refractivity contribution in [2.24, 2.45) is 0 Å². The fraction of sp³-hybridized carbons (Fsp3) is 0.556. The van der Waals surface area contributed by atoms with Gasteiger partial charge in [0.1, 0.15) is 0 Å². The first-order valence-corrected chi connectivity index (χ1v) is 10.6. The molecule has 1 saturated carbocycles. The molecule has 8 nitrogen and oxygen atoms in total. The zero-order valence-corrected chi connectivity index (χ0v) is 15.9. The van der Waals surface area contributed by atoms with Crippen molar-refractivity contribution >= 4 is 21.9 Å². The van der Waals surface area contributed by atoms with E-state index >= 15 is 0 Å². The molecule has 1 aromatic carbocycles. The van der Waals surface area contributed by atoms with Crippen molar-refractivity contribution < 1.29 is 27.5 Å². The van der Waals surface area contributed by atoms with Gasteiger partial charge in [0.05, 0.1) is 23.7 Å². The quantitative estimate of drug-likeness (QED) is 0.718. The lowest BCUT2D eigenvalue weighted by atomic mass is 10.2. The molecule has 1 amide bonds. The van der Waals surface area contributed by atoms with E-state index in [2.05, 4.69) is 5.32 Å². The normalized spacial score (nSPS) is 19.0. The van der Waals surface area contributed by atoms with Crippen LogP contribution in [0.2, 0.25) is 0 Å². The number of rotatable bonds is 6. The summed E-state index contributed by atoms with van der Waals surface area (Å²) in [5.74, 6) is -1.07. The van der Waals surface area contributed by atoms with Crippen LogP contribution in [0.1, 0.15) is 36.0 Å². The first-order chi connectivity index (χ1) is 13.0. The van der Waals surface area contributed by atoms with Crippen molar-refractivity contribution in [1.82, 2.24) is 9.62 Å². The standard InChI is InChI=1S/C18H24N2O6S/c21-17(19-15-5-1-2-6-15)13-26-18(22)14-4-3-7-16(12-14)27(23,24)20-8-10-25-11-9-20/h3-4,7,12,15H,1-2,5-6,8-11,13H2,(H,19,21). The van der Waals surface area contributed by atoms with Gasteiger partial charge in [0.2, 0.25) is 10.0 Å². The number of hydrogen-bond acceptors (Lipinski definition) is 6. The molecule has 0 spiro atoms. The lowest BCUT2D eigenvalue weighted by Crippen LogP contribution is -2.40. The smallest absolute Gasteiger partial charge is 0.338 e. The van der Waals surface area contributed by atoms with Gasteiger partial charge in [-0.25, -0.2) is 13.2 Å². The molecule has 2 aliphatic rings. The van der Waals surface area contributed by atoms with Gasteiger partial charge in [-0.3, -0.25) is 4.79 Å². The molecule has 27 heavy (non-hydrogen) atoms. The number of hydrogen-bond donors (Lipinski definition) is 1. The second-order valence-corrected chi connectivity index (χ2v) is 8.61.